The van der Waals surface area contributed by atoms with E-state index in [1.807, 2.05) is 19.9 Å². The highest BCUT2D eigenvalue weighted by molar-refractivity contribution is 5.46. The SMILES string of the molecule is CC(C)=CCc1c(O)cccc1C#N. The molecule has 2 nitrogen and oxygen atoms in total. The van der Waals surface area contributed by atoms with Gasteiger partial charge in [0.25, 0.3) is 0 Å². The molecule has 0 radical (unpaired) electrons. The molecule has 2 heteroatoms. The van der Waals surface area contributed by atoms with E-state index in [1.54, 1.807) is 18.2 Å². The molecular formula is C12H13NO. The Labute approximate surface area is 84.1 Å². The van der Waals surface area contributed by atoms with Gasteiger partial charge in [0.1, 0.15) is 5.75 Å². The van der Waals surface area contributed by atoms with E-state index in [0.717, 1.165) is 0 Å². The van der Waals surface area contributed by atoms with Crippen molar-refractivity contribution in [2.24, 2.45) is 0 Å². The zero-order chi connectivity index (χ0) is 10.6. The normalized spacial score (nSPS) is 9.21. The first-order valence-electron chi connectivity index (χ1n) is 4.49. The number of nitrogens with zero attached hydrogens (tertiary/aromatic N) is 1. The molecule has 1 rings (SSSR count). The topological polar surface area (TPSA) is 44.0 Å². The summed E-state index contributed by atoms with van der Waals surface area (Å²) in [6, 6.07) is 7.07. The van der Waals surface area contributed by atoms with Gasteiger partial charge in [0, 0.05) is 5.56 Å². The Hall–Kier alpha value is -1.75. The quantitative estimate of drug-likeness (QED) is 0.723. The van der Waals surface area contributed by atoms with Crippen LogP contribution in [0.3, 0.4) is 0 Å². The summed E-state index contributed by atoms with van der Waals surface area (Å²) in [5, 5.41) is 18.4. The fourth-order valence-corrected chi connectivity index (χ4v) is 1.20. The minimum Gasteiger partial charge on any atom is -0.508 e. The zero-order valence-electron chi connectivity index (χ0n) is 8.41. The third-order valence-corrected chi connectivity index (χ3v) is 1.99. The highest BCUT2D eigenvalue weighted by Gasteiger charge is 2.04. The second-order valence-corrected chi connectivity index (χ2v) is 3.40. The number of phenolic OH excluding ortho intramolecular Hbond substituents is 1. The van der Waals surface area contributed by atoms with E-state index in [4.69, 9.17) is 5.26 Å². The van der Waals surface area contributed by atoms with Crippen LogP contribution in [0.25, 0.3) is 0 Å². The van der Waals surface area contributed by atoms with Crippen LogP contribution in [0, 0.1) is 11.3 Å². The van der Waals surface area contributed by atoms with Crippen LogP contribution in [0.5, 0.6) is 5.75 Å². The van der Waals surface area contributed by atoms with Crippen LogP contribution in [0.4, 0.5) is 0 Å². The molecule has 1 aromatic rings. The molecule has 0 unspecified atom stereocenters. The number of benzene rings is 1. The molecule has 1 aromatic carbocycles. The number of aromatic hydroxyl groups is 1. The molecular weight excluding hydrogens is 174 g/mol. The lowest BCUT2D eigenvalue weighted by Gasteiger charge is -2.03. The monoisotopic (exact) mass is 187 g/mol. The molecule has 0 atom stereocenters. The summed E-state index contributed by atoms with van der Waals surface area (Å²) in [5.74, 6) is 0.196. The van der Waals surface area contributed by atoms with E-state index in [2.05, 4.69) is 6.07 Å². The van der Waals surface area contributed by atoms with Gasteiger partial charge >= 0.3 is 0 Å². The van der Waals surface area contributed by atoms with Crippen molar-refractivity contribution >= 4 is 0 Å². The Morgan fingerprint density at radius 1 is 1.50 bits per heavy atom. The van der Waals surface area contributed by atoms with E-state index in [0.29, 0.717) is 17.5 Å². The molecule has 0 saturated heterocycles. The Morgan fingerprint density at radius 2 is 2.21 bits per heavy atom. The van der Waals surface area contributed by atoms with Crippen LogP contribution in [0.15, 0.2) is 29.8 Å². The first-order chi connectivity index (χ1) is 6.65. The minimum atomic E-state index is 0.196. The molecule has 0 aromatic heterocycles. The van der Waals surface area contributed by atoms with Crippen LogP contribution < -0.4 is 0 Å². The largest absolute Gasteiger partial charge is 0.508 e. The van der Waals surface area contributed by atoms with E-state index < -0.39 is 0 Å². The fraction of sp³-hybridized carbons (Fsp3) is 0.250. The predicted octanol–water partition coefficient (Wildman–Crippen LogP) is 2.77. The molecule has 1 N–H and O–H groups in total. The highest BCUT2D eigenvalue weighted by atomic mass is 16.3. The van der Waals surface area contributed by atoms with Crippen molar-refractivity contribution in [3.63, 3.8) is 0 Å². The zero-order valence-corrected chi connectivity index (χ0v) is 8.41. The van der Waals surface area contributed by atoms with E-state index in [9.17, 15) is 5.11 Å². The number of phenols is 1. The molecule has 0 heterocycles. The van der Waals surface area contributed by atoms with Crippen LogP contribution in [-0.2, 0) is 6.42 Å². The summed E-state index contributed by atoms with van der Waals surface area (Å²) in [7, 11) is 0. The third kappa shape index (κ3) is 2.37. The summed E-state index contributed by atoms with van der Waals surface area (Å²) in [5.41, 5.74) is 2.43. The molecule has 0 spiro atoms. The van der Waals surface area contributed by atoms with Gasteiger partial charge in [-0.2, -0.15) is 5.26 Å². The molecule has 0 fully saturated rings. The summed E-state index contributed by atoms with van der Waals surface area (Å²) < 4.78 is 0. The maximum absolute atomic E-state index is 9.55. The van der Waals surface area contributed by atoms with Gasteiger partial charge in [-0.15, -0.1) is 0 Å². The van der Waals surface area contributed by atoms with Crippen LogP contribution in [-0.4, -0.2) is 5.11 Å². The fourth-order valence-electron chi connectivity index (χ4n) is 1.20. The third-order valence-electron chi connectivity index (χ3n) is 1.99. The molecule has 14 heavy (non-hydrogen) atoms. The minimum absolute atomic E-state index is 0.196. The standard InChI is InChI=1S/C12H13NO/c1-9(2)6-7-11-10(8-13)4-3-5-12(11)14/h3-6,14H,7H2,1-2H3. The molecule has 0 aliphatic carbocycles. The molecule has 0 bridgehead atoms. The van der Waals surface area contributed by atoms with Gasteiger partial charge < -0.3 is 5.11 Å². The summed E-state index contributed by atoms with van der Waals surface area (Å²) in [6.45, 7) is 3.98. The second kappa shape index (κ2) is 4.48. The summed E-state index contributed by atoms with van der Waals surface area (Å²) >= 11 is 0. The van der Waals surface area contributed by atoms with Gasteiger partial charge in [0.15, 0.2) is 0 Å². The first-order valence-corrected chi connectivity index (χ1v) is 4.49. The van der Waals surface area contributed by atoms with Crippen LogP contribution >= 0.6 is 0 Å². The van der Waals surface area contributed by atoms with Crippen LogP contribution in [0.2, 0.25) is 0 Å². The second-order valence-electron chi connectivity index (χ2n) is 3.40. The number of hydrogen-bond acceptors (Lipinski definition) is 2. The number of nitriles is 1. The average Bonchev–Trinajstić information content (AvgIpc) is 2.15. The number of allylic oxidation sites excluding steroid dienone is 2. The van der Waals surface area contributed by atoms with Crippen molar-refractivity contribution in [1.82, 2.24) is 0 Å². The van der Waals surface area contributed by atoms with E-state index in [-0.39, 0.29) is 5.75 Å². The van der Waals surface area contributed by atoms with Gasteiger partial charge in [-0.05, 0) is 32.4 Å². The van der Waals surface area contributed by atoms with Crippen molar-refractivity contribution in [3.8, 4) is 11.8 Å². The maximum Gasteiger partial charge on any atom is 0.120 e. The van der Waals surface area contributed by atoms with E-state index >= 15 is 0 Å². The van der Waals surface area contributed by atoms with Crippen LogP contribution in [0.1, 0.15) is 25.0 Å². The maximum atomic E-state index is 9.55. The van der Waals surface area contributed by atoms with Gasteiger partial charge in [0.2, 0.25) is 0 Å². The lowest BCUT2D eigenvalue weighted by Crippen LogP contribution is -1.89. The van der Waals surface area contributed by atoms with Crippen molar-refractivity contribution in [2.75, 3.05) is 0 Å². The average molecular weight is 187 g/mol. The van der Waals surface area contributed by atoms with Gasteiger partial charge in [0.05, 0.1) is 11.6 Å². The van der Waals surface area contributed by atoms with E-state index in [1.165, 1.54) is 5.57 Å². The van der Waals surface area contributed by atoms with Gasteiger partial charge in [-0.3, -0.25) is 0 Å². The molecule has 0 saturated carbocycles. The Morgan fingerprint density at radius 3 is 2.79 bits per heavy atom. The molecule has 0 amide bonds. The first kappa shape index (κ1) is 10.3. The van der Waals surface area contributed by atoms with Crippen molar-refractivity contribution < 1.29 is 5.11 Å². The van der Waals surface area contributed by atoms with Crippen molar-refractivity contribution in [3.05, 3.63) is 41.0 Å². The smallest absolute Gasteiger partial charge is 0.120 e. The summed E-state index contributed by atoms with van der Waals surface area (Å²) in [6.07, 6.45) is 2.60. The Bertz CT molecular complexity index is 395. The van der Waals surface area contributed by atoms with Gasteiger partial charge in [-0.1, -0.05) is 17.7 Å². The Kier molecular flexibility index (Phi) is 3.30. The highest BCUT2D eigenvalue weighted by Crippen LogP contribution is 2.21. The summed E-state index contributed by atoms with van der Waals surface area (Å²) in [4.78, 5) is 0. The lowest BCUT2D eigenvalue weighted by molar-refractivity contribution is 0.469. The Balaban J connectivity index is 3.07. The number of rotatable bonds is 2. The van der Waals surface area contributed by atoms with Gasteiger partial charge in [-0.25, -0.2) is 0 Å². The lowest BCUT2D eigenvalue weighted by atomic mass is 10.0. The molecule has 0 aliphatic rings. The molecule has 72 valence electrons. The van der Waals surface area contributed by atoms with Crippen molar-refractivity contribution in [1.29, 1.82) is 5.26 Å². The molecule has 0 aliphatic heterocycles. The predicted molar refractivity (Wildman–Crippen MR) is 56.0 cm³/mol. The van der Waals surface area contributed by atoms with Crippen molar-refractivity contribution in [2.45, 2.75) is 20.3 Å². The number of hydrogen-bond donors (Lipinski definition) is 1.